The molecular weight excluding hydrogens is 452 g/mol. The number of benzene rings is 1. The van der Waals surface area contributed by atoms with E-state index in [9.17, 15) is 0 Å². The van der Waals surface area contributed by atoms with Crippen LogP contribution < -0.4 is 21.5 Å². The molecule has 3 rings (SSSR count). The van der Waals surface area contributed by atoms with Crippen LogP contribution in [0.3, 0.4) is 0 Å². The molecule has 0 spiro atoms. The van der Waals surface area contributed by atoms with Crippen molar-refractivity contribution in [2.75, 3.05) is 82.8 Å². The number of nitrogens with zero attached hydrogens (tertiary/aromatic N) is 5. The molecule has 0 bridgehead atoms. The predicted octanol–water partition coefficient (Wildman–Crippen LogP) is 3.15. The predicted molar refractivity (Wildman–Crippen MR) is 149 cm³/mol. The van der Waals surface area contributed by atoms with Crippen molar-refractivity contribution in [3.05, 3.63) is 35.9 Å². The van der Waals surface area contributed by atoms with Crippen LogP contribution in [0.5, 0.6) is 6.01 Å². The lowest BCUT2D eigenvalue weighted by molar-refractivity contribution is 0.120. The molecule has 0 unspecified atom stereocenters. The third kappa shape index (κ3) is 9.79. The molecule has 1 saturated heterocycles. The molecule has 0 saturated carbocycles. The van der Waals surface area contributed by atoms with Crippen LogP contribution in [0.15, 0.2) is 30.3 Å². The zero-order chi connectivity index (χ0) is 25.6. The first kappa shape index (κ1) is 28.0. The summed E-state index contributed by atoms with van der Waals surface area (Å²) in [6.45, 7) is 12.6. The highest BCUT2D eigenvalue weighted by Gasteiger charge is 2.16. The molecule has 1 fully saturated rings. The highest BCUT2D eigenvalue weighted by molar-refractivity contribution is 5.73. The Kier molecular flexibility index (Phi) is 12.0. The van der Waals surface area contributed by atoms with Crippen LogP contribution in [0.2, 0.25) is 0 Å². The molecule has 5 N–H and O–H groups in total. The Bertz CT molecular complexity index is 874. The van der Waals surface area contributed by atoms with Gasteiger partial charge in [-0.15, -0.1) is 0 Å². The van der Waals surface area contributed by atoms with E-state index in [-0.39, 0.29) is 5.82 Å². The van der Waals surface area contributed by atoms with Crippen molar-refractivity contribution in [1.82, 2.24) is 24.7 Å². The lowest BCUT2D eigenvalue weighted by Gasteiger charge is -2.35. The second-order valence-electron chi connectivity index (χ2n) is 9.75. The standard InChI is InChI=1S/C27H46N8O/c1-3-4-21-36-27-31-25(29)24(28)26(32-27)30-13-9-6-10-14-34-17-19-35(20-18-34)16-15-33(2)22-23-11-7-5-8-12-23/h5,7-8,11-12H,3-4,6,9-10,13-22,28H2,1-2H3,(H3,29,30,31,32). The van der Waals surface area contributed by atoms with Crippen LogP contribution >= 0.6 is 0 Å². The van der Waals surface area contributed by atoms with Crippen molar-refractivity contribution in [1.29, 1.82) is 0 Å². The summed E-state index contributed by atoms with van der Waals surface area (Å²) in [5, 5.41) is 3.31. The van der Waals surface area contributed by atoms with Gasteiger partial charge in [-0.05, 0) is 38.4 Å². The average molecular weight is 499 g/mol. The van der Waals surface area contributed by atoms with Gasteiger partial charge >= 0.3 is 6.01 Å². The van der Waals surface area contributed by atoms with E-state index in [1.807, 2.05) is 0 Å². The first-order valence-electron chi connectivity index (χ1n) is 13.5. The van der Waals surface area contributed by atoms with Gasteiger partial charge in [-0.25, -0.2) is 0 Å². The molecule has 9 heteroatoms. The molecule has 0 atom stereocenters. The molecule has 1 aromatic heterocycles. The lowest BCUT2D eigenvalue weighted by atomic mass is 10.2. The molecule has 1 aromatic carbocycles. The highest BCUT2D eigenvalue weighted by atomic mass is 16.5. The first-order valence-corrected chi connectivity index (χ1v) is 13.5. The maximum absolute atomic E-state index is 6.05. The highest BCUT2D eigenvalue weighted by Crippen LogP contribution is 2.24. The second-order valence-corrected chi connectivity index (χ2v) is 9.75. The van der Waals surface area contributed by atoms with Gasteiger partial charge in [-0.2, -0.15) is 9.97 Å². The SMILES string of the molecule is CCCCOc1nc(N)c(N)c(NCCCCCN2CCN(CCN(C)Cc3ccccc3)CC2)n1. The summed E-state index contributed by atoms with van der Waals surface area (Å²) in [5.74, 6) is 0.834. The molecule has 2 heterocycles. The lowest BCUT2D eigenvalue weighted by Crippen LogP contribution is -2.48. The van der Waals surface area contributed by atoms with Crippen molar-refractivity contribution < 1.29 is 4.74 Å². The van der Waals surface area contributed by atoms with E-state index < -0.39 is 0 Å². The molecule has 0 radical (unpaired) electrons. The summed E-state index contributed by atoms with van der Waals surface area (Å²) in [5.41, 5.74) is 13.7. The molecule has 2 aromatic rings. The monoisotopic (exact) mass is 498 g/mol. The quantitative estimate of drug-likeness (QED) is 0.301. The molecule has 9 nitrogen and oxygen atoms in total. The molecular formula is C27H46N8O. The number of hydrogen-bond donors (Lipinski definition) is 3. The van der Waals surface area contributed by atoms with E-state index in [1.165, 1.54) is 18.5 Å². The number of rotatable bonds is 16. The topological polar surface area (TPSA) is 109 Å². The minimum atomic E-state index is 0.265. The largest absolute Gasteiger partial charge is 0.463 e. The number of nitrogens with two attached hydrogens (primary N) is 2. The molecule has 1 aliphatic heterocycles. The van der Waals surface area contributed by atoms with Crippen LogP contribution in [0.4, 0.5) is 17.3 Å². The fraction of sp³-hybridized carbons (Fsp3) is 0.630. The van der Waals surface area contributed by atoms with Gasteiger partial charge in [0.2, 0.25) is 0 Å². The van der Waals surface area contributed by atoms with E-state index in [2.05, 4.69) is 74.3 Å². The summed E-state index contributed by atoms with van der Waals surface area (Å²) in [6, 6.07) is 11.0. The minimum absolute atomic E-state index is 0.265. The molecule has 36 heavy (non-hydrogen) atoms. The van der Waals surface area contributed by atoms with Crippen molar-refractivity contribution in [2.45, 2.75) is 45.6 Å². The Balaban J connectivity index is 1.24. The van der Waals surface area contributed by atoms with E-state index >= 15 is 0 Å². The summed E-state index contributed by atoms with van der Waals surface area (Å²) in [6.07, 6.45) is 5.44. The first-order chi connectivity index (χ1) is 17.5. The molecule has 200 valence electrons. The van der Waals surface area contributed by atoms with Crippen molar-refractivity contribution in [3.8, 4) is 6.01 Å². The van der Waals surface area contributed by atoms with Crippen molar-refractivity contribution >= 4 is 17.3 Å². The Morgan fingerprint density at radius 2 is 1.67 bits per heavy atom. The number of anilines is 3. The molecule has 0 aliphatic carbocycles. The van der Waals surface area contributed by atoms with Gasteiger partial charge in [0.05, 0.1) is 6.61 Å². The van der Waals surface area contributed by atoms with Gasteiger partial charge in [0.15, 0.2) is 11.6 Å². The summed E-state index contributed by atoms with van der Waals surface area (Å²) in [4.78, 5) is 16.1. The van der Waals surface area contributed by atoms with Gasteiger partial charge in [0.25, 0.3) is 0 Å². The van der Waals surface area contributed by atoms with Crippen molar-refractivity contribution in [3.63, 3.8) is 0 Å². The number of hydrogen-bond acceptors (Lipinski definition) is 9. The second kappa shape index (κ2) is 15.5. The number of ether oxygens (including phenoxy) is 1. The van der Waals surface area contributed by atoms with Gasteiger partial charge in [0, 0.05) is 52.4 Å². The smallest absolute Gasteiger partial charge is 0.320 e. The number of unbranched alkanes of at least 4 members (excludes halogenated alkanes) is 3. The summed E-state index contributed by atoms with van der Waals surface area (Å²) in [7, 11) is 2.21. The van der Waals surface area contributed by atoms with Crippen LogP contribution in [0.25, 0.3) is 0 Å². The number of aromatic nitrogens is 2. The van der Waals surface area contributed by atoms with Gasteiger partial charge in [-0.3, -0.25) is 4.90 Å². The average Bonchev–Trinajstić information content (AvgIpc) is 2.89. The Hall–Kier alpha value is -2.62. The van der Waals surface area contributed by atoms with E-state index in [0.29, 0.717) is 24.1 Å². The number of piperazine rings is 1. The van der Waals surface area contributed by atoms with Crippen molar-refractivity contribution in [2.24, 2.45) is 0 Å². The Morgan fingerprint density at radius 1 is 0.944 bits per heavy atom. The zero-order valence-electron chi connectivity index (χ0n) is 22.3. The number of nitrogens with one attached hydrogen (secondary N) is 1. The Morgan fingerprint density at radius 3 is 2.39 bits per heavy atom. The zero-order valence-corrected chi connectivity index (χ0v) is 22.3. The van der Waals surface area contributed by atoms with Crippen LogP contribution in [-0.4, -0.2) is 90.7 Å². The maximum atomic E-state index is 6.05. The third-order valence-corrected chi connectivity index (χ3v) is 6.69. The molecule has 0 amide bonds. The van der Waals surface area contributed by atoms with Crippen LogP contribution in [-0.2, 0) is 6.54 Å². The van der Waals surface area contributed by atoms with Gasteiger partial charge in [-0.1, -0.05) is 50.1 Å². The fourth-order valence-electron chi connectivity index (χ4n) is 4.34. The van der Waals surface area contributed by atoms with E-state index in [4.69, 9.17) is 16.2 Å². The minimum Gasteiger partial charge on any atom is -0.463 e. The Labute approximate surface area is 217 Å². The summed E-state index contributed by atoms with van der Waals surface area (Å²) >= 11 is 0. The van der Waals surface area contributed by atoms with Crippen LogP contribution in [0.1, 0.15) is 44.6 Å². The van der Waals surface area contributed by atoms with Gasteiger partial charge in [0.1, 0.15) is 5.69 Å². The fourth-order valence-corrected chi connectivity index (χ4v) is 4.34. The van der Waals surface area contributed by atoms with Crippen LogP contribution in [0, 0.1) is 0 Å². The maximum Gasteiger partial charge on any atom is 0.320 e. The summed E-state index contributed by atoms with van der Waals surface area (Å²) < 4.78 is 5.58. The van der Waals surface area contributed by atoms with E-state index in [1.54, 1.807) is 0 Å². The number of likely N-dealkylation sites (N-methyl/N-ethyl adjacent to an activating group) is 1. The van der Waals surface area contributed by atoms with Gasteiger partial charge < -0.3 is 31.3 Å². The number of nitrogen functional groups attached to an aromatic ring is 2. The normalized spacial score (nSPS) is 14.9. The third-order valence-electron chi connectivity index (χ3n) is 6.69. The molecule has 1 aliphatic rings. The van der Waals surface area contributed by atoms with E-state index in [0.717, 1.165) is 78.0 Å².